The predicted molar refractivity (Wildman–Crippen MR) is 86.9 cm³/mol. The van der Waals surface area contributed by atoms with E-state index in [1.807, 2.05) is 0 Å². The van der Waals surface area contributed by atoms with E-state index < -0.39 is 0 Å². The molecule has 0 saturated heterocycles. The lowest BCUT2D eigenvalue weighted by atomic mass is 9.87. The van der Waals surface area contributed by atoms with Crippen LogP contribution < -0.4 is 5.32 Å². The van der Waals surface area contributed by atoms with Gasteiger partial charge in [-0.2, -0.15) is 11.8 Å². The maximum absolute atomic E-state index is 3.58. The number of benzene rings is 1. The van der Waals surface area contributed by atoms with Crippen molar-refractivity contribution < 1.29 is 0 Å². The molecular weight excluding hydrogens is 250 g/mol. The molecule has 0 saturated carbocycles. The van der Waals surface area contributed by atoms with Crippen LogP contribution in [0.2, 0.25) is 0 Å². The summed E-state index contributed by atoms with van der Waals surface area (Å²) >= 11 is 2.08. The Balaban J connectivity index is 2.03. The van der Waals surface area contributed by atoms with Crippen molar-refractivity contribution in [2.45, 2.75) is 45.1 Å². The summed E-state index contributed by atoms with van der Waals surface area (Å²) in [6.07, 6.45) is 6.71. The third-order valence-electron chi connectivity index (χ3n) is 4.26. The van der Waals surface area contributed by atoms with Crippen LogP contribution >= 0.6 is 11.8 Å². The predicted octanol–water partition coefficient (Wildman–Crippen LogP) is 4.43. The Hall–Kier alpha value is -0.470. The molecule has 1 aromatic rings. The zero-order valence-corrected chi connectivity index (χ0v) is 13.1. The van der Waals surface area contributed by atoms with E-state index in [1.165, 1.54) is 43.6 Å². The second kappa shape index (κ2) is 7.96. The third-order valence-corrected chi connectivity index (χ3v) is 5.25. The molecule has 106 valence electrons. The largest absolute Gasteiger partial charge is 0.313 e. The van der Waals surface area contributed by atoms with Gasteiger partial charge in [-0.05, 0) is 67.7 Å². The number of hydrogen-bond donors (Lipinski definition) is 1. The molecule has 2 heteroatoms. The fraction of sp³-hybridized carbons (Fsp3) is 0.647. The first kappa shape index (κ1) is 14.9. The van der Waals surface area contributed by atoms with Gasteiger partial charge >= 0.3 is 0 Å². The molecule has 1 aromatic carbocycles. The van der Waals surface area contributed by atoms with Gasteiger partial charge in [-0.15, -0.1) is 0 Å². The zero-order valence-electron chi connectivity index (χ0n) is 12.3. The Morgan fingerprint density at radius 2 is 2.16 bits per heavy atom. The zero-order chi connectivity index (χ0) is 13.5. The molecule has 0 heterocycles. The number of fused-ring (bicyclic) bond motifs is 1. The number of rotatable bonds is 6. The highest BCUT2D eigenvalue weighted by Crippen LogP contribution is 2.35. The quantitative estimate of drug-likeness (QED) is 0.609. The van der Waals surface area contributed by atoms with Gasteiger partial charge in [0.1, 0.15) is 0 Å². The first-order valence-corrected chi connectivity index (χ1v) is 8.85. The van der Waals surface area contributed by atoms with Gasteiger partial charge in [-0.25, -0.2) is 0 Å². The summed E-state index contributed by atoms with van der Waals surface area (Å²) in [7, 11) is 2.13. The van der Waals surface area contributed by atoms with E-state index in [-0.39, 0.29) is 0 Å². The van der Waals surface area contributed by atoms with Gasteiger partial charge in [0, 0.05) is 6.04 Å². The summed E-state index contributed by atoms with van der Waals surface area (Å²) in [6, 6.07) is 9.58. The highest BCUT2D eigenvalue weighted by molar-refractivity contribution is 7.99. The summed E-state index contributed by atoms with van der Waals surface area (Å²) in [5.41, 5.74) is 3.11. The molecule has 0 aliphatic heterocycles. The van der Waals surface area contributed by atoms with Crippen molar-refractivity contribution in [3.63, 3.8) is 0 Å². The molecule has 2 rings (SSSR count). The average Bonchev–Trinajstić information content (AvgIpc) is 2.62. The Bertz CT molecular complexity index is 377. The van der Waals surface area contributed by atoms with E-state index in [4.69, 9.17) is 0 Å². The normalized spacial score (nSPS) is 22.8. The smallest absolute Gasteiger partial charge is 0.0348 e. The maximum Gasteiger partial charge on any atom is 0.0348 e. The van der Waals surface area contributed by atoms with Gasteiger partial charge in [0.25, 0.3) is 0 Å². The fourth-order valence-corrected chi connectivity index (χ4v) is 3.99. The Labute approximate surface area is 122 Å². The van der Waals surface area contributed by atoms with Crippen LogP contribution in [0.25, 0.3) is 0 Å². The van der Waals surface area contributed by atoms with Gasteiger partial charge in [-0.3, -0.25) is 0 Å². The number of nitrogens with one attached hydrogen (secondary N) is 1. The molecule has 0 spiro atoms. The highest BCUT2D eigenvalue weighted by atomic mass is 32.2. The molecule has 1 aliphatic carbocycles. The van der Waals surface area contributed by atoms with E-state index in [2.05, 4.69) is 55.3 Å². The summed E-state index contributed by atoms with van der Waals surface area (Å²) in [5, 5.41) is 3.58. The summed E-state index contributed by atoms with van der Waals surface area (Å²) in [4.78, 5) is 0. The van der Waals surface area contributed by atoms with Crippen molar-refractivity contribution in [1.29, 1.82) is 0 Å². The van der Waals surface area contributed by atoms with Crippen molar-refractivity contribution in [2.75, 3.05) is 18.6 Å². The Morgan fingerprint density at radius 3 is 2.95 bits per heavy atom. The van der Waals surface area contributed by atoms with Gasteiger partial charge in [0.05, 0.1) is 0 Å². The van der Waals surface area contributed by atoms with Crippen molar-refractivity contribution in [1.82, 2.24) is 5.32 Å². The van der Waals surface area contributed by atoms with Crippen LogP contribution in [0, 0.1) is 5.92 Å². The molecule has 1 nitrogen and oxygen atoms in total. The van der Waals surface area contributed by atoms with Crippen molar-refractivity contribution >= 4 is 11.8 Å². The standard InChI is InChI=1S/C17H27NS/c1-3-19-13-7-11-15-10-6-9-14-8-4-5-12-16(14)17(15)18-2/h4-5,8,12,15,17-18H,3,6-7,9-11,13H2,1-2H3. The van der Waals surface area contributed by atoms with Crippen LogP contribution in [0.4, 0.5) is 0 Å². The minimum atomic E-state index is 0.560. The van der Waals surface area contributed by atoms with Gasteiger partial charge in [0.2, 0.25) is 0 Å². The first-order chi connectivity index (χ1) is 9.36. The highest BCUT2D eigenvalue weighted by Gasteiger charge is 2.25. The summed E-state index contributed by atoms with van der Waals surface area (Å²) < 4.78 is 0. The van der Waals surface area contributed by atoms with E-state index in [0.717, 1.165) is 5.92 Å². The minimum Gasteiger partial charge on any atom is -0.313 e. The molecule has 0 bridgehead atoms. The second-order valence-corrected chi connectivity index (χ2v) is 6.85. The van der Waals surface area contributed by atoms with Crippen LogP contribution in [-0.2, 0) is 6.42 Å². The number of aryl methyl sites for hydroxylation is 1. The van der Waals surface area contributed by atoms with Crippen molar-refractivity contribution in [2.24, 2.45) is 5.92 Å². The van der Waals surface area contributed by atoms with Crippen LogP contribution in [0.5, 0.6) is 0 Å². The lowest BCUT2D eigenvalue weighted by Crippen LogP contribution is -2.25. The van der Waals surface area contributed by atoms with Gasteiger partial charge in [0.15, 0.2) is 0 Å². The lowest BCUT2D eigenvalue weighted by Gasteiger charge is -2.26. The Kier molecular flexibility index (Phi) is 6.25. The molecule has 1 aliphatic rings. The van der Waals surface area contributed by atoms with Crippen LogP contribution in [0.3, 0.4) is 0 Å². The molecule has 19 heavy (non-hydrogen) atoms. The monoisotopic (exact) mass is 277 g/mol. The van der Waals surface area contributed by atoms with Crippen LogP contribution in [0.1, 0.15) is 49.8 Å². The van der Waals surface area contributed by atoms with Gasteiger partial charge in [-0.1, -0.05) is 31.2 Å². The molecular formula is C17H27NS. The summed E-state index contributed by atoms with van der Waals surface area (Å²) in [6.45, 7) is 2.25. The fourth-order valence-electron chi connectivity index (χ4n) is 3.33. The number of thioether (sulfide) groups is 1. The van der Waals surface area contributed by atoms with E-state index in [0.29, 0.717) is 6.04 Å². The molecule has 0 aromatic heterocycles. The van der Waals surface area contributed by atoms with E-state index in [1.54, 1.807) is 11.1 Å². The van der Waals surface area contributed by atoms with Crippen molar-refractivity contribution in [3.8, 4) is 0 Å². The number of hydrogen-bond acceptors (Lipinski definition) is 2. The first-order valence-electron chi connectivity index (χ1n) is 7.69. The SMILES string of the molecule is CCSCCCC1CCCc2ccccc2C1NC. The summed E-state index contributed by atoms with van der Waals surface area (Å²) in [5.74, 6) is 3.39. The Morgan fingerprint density at radius 1 is 1.32 bits per heavy atom. The minimum absolute atomic E-state index is 0.560. The van der Waals surface area contributed by atoms with E-state index in [9.17, 15) is 0 Å². The molecule has 2 atom stereocenters. The lowest BCUT2D eigenvalue weighted by molar-refractivity contribution is 0.337. The molecule has 0 radical (unpaired) electrons. The van der Waals surface area contributed by atoms with E-state index >= 15 is 0 Å². The molecule has 0 amide bonds. The molecule has 2 unspecified atom stereocenters. The van der Waals surface area contributed by atoms with Crippen LogP contribution in [-0.4, -0.2) is 18.6 Å². The maximum atomic E-state index is 3.58. The van der Waals surface area contributed by atoms with Crippen molar-refractivity contribution in [3.05, 3.63) is 35.4 Å². The topological polar surface area (TPSA) is 12.0 Å². The van der Waals surface area contributed by atoms with Crippen LogP contribution in [0.15, 0.2) is 24.3 Å². The van der Waals surface area contributed by atoms with Gasteiger partial charge < -0.3 is 5.32 Å². The second-order valence-electron chi connectivity index (χ2n) is 5.46. The molecule has 0 fully saturated rings. The average molecular weight is 277 g/mol. The molecule has 1 N–H and O–H groups in total. The third kappa shape index (κ3) is 4.00.